The van der Waals surface area contributed by atoms with Gasteiger partial charge in [-0.05, 0) is 71.1 Å². The van der Waals surface area contributed by atoms with Crippen LogP contribution in [0.25, 0.3) is 20.2 Å². The number of thiophene rings is 1. The summed E-state index contributed by atoms with van der Waals surface area (Å²) in [6.07, 6.45) is 0. The van der Waals surface area contributed by atoms with Crippen LogP contribution in [0.1, 0.15) is 15.9 Å². The van der Waals surface area contributed by atoms with Gasteiger partial charge in [0.05, 0.1) is 0 Å². The summed E-state index contributed by atoms with van der Waals surface area (Å²) in [5.41, 5.74) is 1.48. The molecule has 0 fully saturated rings. The van der Waals surface area contributed by atoms with E-state index in [1.165, 1.54) is 14.8 Å². The fourth-order valence-electron chi connectivity index (χ4n) is 2.64. The first-order valence-electron chi connectivity index (χ1n) is 6.94. The van der Waals surface area contributed by atoms with Crippen molar-refractivity contribution in [2.75, 3.05) is 0 Å². The normalized spacial score (nSPS) is 11.1. The molecule has 0 unspecified atom stereocenters. The molecule has 3 heteroatoms. The number of carbonyl (C=O) groups excluding carboxylic acids is 1. The minimum Gasteiger partial charge on any atom is -0.289 e. The molecule has 1 nitrogen and oxygen atoms in total. The van der Waals surface area contributed by atoms with Crippen LogP contribution in [0.5, 0.6) is 0 Å². The Morgan fingerprint density at radius 3 is 2.27 bits per heavy atom. The highest BCUT2D eigenvalue weighted by atomic mass is 127. The number of hydrogen-bond donors (Lipinski definition) is 0. The SMILES string of the molecule is O=C(c1ccc(I)cc1)c1ccc2sc3ccccc3c2c1. The van der Waals surface area contributed by atoms with Gasteiger partial charge in [-0.2, -0.15) is 0 Å². The standard InChI is InChI=1S/C19H11IOS/c20-14-8-5-12(6-9-14)19(21)13-7-10-18-16(11-13)15-3-1-2-4-17(15)22-18/h1-11H. The first kappa shape index (κ1) is 13.9. The van der Waals surface area contributed by atoms with Gasteiger partial charge in [-0.25, -0.2) is 0 Å². The second kappa shape index (κ2) is 5.48. The third kappa shape index (κ3) is 2.34. The molecular weight excluding hydrogens is 403 g/mol. The molecule has 0 saturated heterocycles. The lowest BCUT2D eigenvalue weighted by Gasteiger charge is -2.02. The Morgan fingerprint density at radius 2 is 1.45 bits per heavy atom. The lowest BCUT2D eigenvalue weighted by atomic mass is 10.0. The molecule has 1 heterocycles. The summed E-state index contributed by atoms with van der Waals surface area (Å²) in [7, 11) is 0. The van der Waals surface area contributed by atoms with Crippen LogP contribution in [0.2, 0.25) is 0 Å². The van der Waals surface area contributed by atoms with Gasteiger partial charge in [0, 0.05) is 34.9 Å². The molecule has 3 aromatic carbocycles. The number of halogens is 1. The van der Waals surface area contributed by atoms with Crippen molar-refractivity contribution < 1.29 is 4.79 Å². The topological polar surface area (TPSA) is 17.1 Å². The molecule has 0 aliphatic rings. The van der Waals surface area contributed by atoms with Crippen LogP contribution in [-0.2, 0) is 0 Å². The molecule has 4 aromatic rings. The lowest BCUT2D eigenvalue weighted by Crippen LogP contribution is -2.00. The van der Waals surface area contributed by atoms with Gasteiger partial charge < -0.3 is 0 Å². The summed E-state index contributed by atoms with van der Waals surface area (Å²) in [4.78, 5) is 12.7. The second-order valence-electron chi connectivity index (χ2n) is 5.15. The van der Waals surface area contributed by atoms with Gasteiger partial charge in [-0.15, -0.1) is 11.3 Å². The van der Waals surface area contributed by atoms with Gasteiger partial charge in [0.15, 0.2) is 5.78 Å². The van der Waals surface area contributed by atoms with E-state index in [1.54, 1.807) is 11.3 Å². The Balaban J connectivity index is 1.86. The van der Waals surface area contributed by atoms with Gasteiger partial charge >= 0.3 is 0 Å². The van der Waals surface area contributed by atoms with Crippen molar-refractivity contribution in [3.63, 3.8) is 0 Å². The Labute approximate surface area is 145 Å². The van der Waals surface area contributed by atoms with Crippen LogP contribution in [0.15, 0.2) is 66.7 Å². The van der Waals surface area contributed by atoms with E-state index in [1.807, 2.05) is 42.5 Å². The number of fused-ring (bicyclic) bond motifs is 3. The minimum absolute atomic E-state index is 0.0774. The molecule has 106 valence electrons. The van der Waals surface area contributed by atoms with Crippen molar-refractivity contribution in [3.05, 3.63) is 81.4 Å². The summed E-state index contributed by atoms with van der Waals surface area (Å²) in [5, 5.41) is 2.39. The number of hydrogen-bond acceptors (Lipinski definition) is 2. The molecule has 4 rings (SSSR count). The largest absolute Gasteiger partial charge is 0.289 e. The first-order chi connectivity index (χ1) is 10.7. The quantitative estimate of drug-likeness (QED) is 0.295. The van der Waals surface area contributed by atoms with Crippen LogP contribution in [-0.4, -0.2) is 5.78 Å². The van der Waals surface area contributed by atoms with Crippen molar-refractivity contribution in [2.24, 2.45) is 0 Å². The highest BCUT2D eigenvalue weighted by Crippen LogP contribution is 2.34. The predicted molar refractivity (Wildman–Crippen MR) is 102 cm³/mol. The maximum absolute atomic E-state index is 12.7. The van der Waals surface area contributed by atoms with E-state index >= 15 is 0 Å². The Kier molecular flexibility index (Phi) is 3.47. The molecule has 0 aliphatic heterocycles. The zero-order valence-corrected chi connectivity index (χ0v) is 14.5. The lowest BCUT2D eigenvalue weighted by molar-refractivity contribution is 0.103. The molecule has 22 heavy (non-hydrogen) atoms. The van der Waals surface area contributed by atoms with E-state index in [4.69, 9.17) is 0 Å². The second-order valence-corrected chi connectivity index (χ2v) is 7.47. The van der Waals surface area contributed by atoms with Gasteiger partial charge in [0.2, 0.25) is 0 Å². The van der Waals surface area contributed by atoms with Crippen LogP contribution < -0.4 is 0 Å². The molecule has 0 amide bonds. The Morgan fingerprint density at radius 1 is 0.773 bits per heavy atom. The maximum Gasteiger partial charge on any atom is 0.193 e. The van der Waals surface area contributed by atoms with Gasteiger partial charge in [0.25, 0.3) is 0 Å². The Bertz CT molecular complexity index is 999. The van der Waals surface area contributed by atoms with E-state index in [0.29, 0.717) is 0 Å². The van der Waals surface area contributed by atoms with E-state index in [0.717, 1.165) is 20.1 Å². The smallest absolute Gasteiger partial charge is 0.193 e. The van der Waals surface area contributed by atoms with E-state index < -0.39 is 0 Å². The molecule has 0 bridgehead atoms. The molecule has 0 aliphatic carbocycles. The monoisotopic (exact) mass is 414 g/mol. The number of ketones is 1. The van der Waals surface area contributed by atoms with Crippen LogP contribution in [0.4, 0.5) is 0 Å². The highest BCUT2D eigenvalue weighted by Gasteiger charge is 2.11. The average molecular weight is 414 g/mol. The molecule has 0 N–H and O–H groups in total. The van der Waals surface area contributed by atoms with Crippen molar-refractivity contribution in [2.45, 2.75) is 0 Å². The zero-order chi connectivity index (χ0) is 15.1. The Hall–Kier alpha value is -1.72. The number of benzene rings is 3. The molecule has 0 atom stereocenters. The summed E-state index contributed by atoms with van der Waals surface area (Å²) in [6, 6.07) is 22.1. The summed E-state index contributed by atoms with van der Waals surface area (Å²) >= 11 is 4.01. The van der Waals surface area contributed by atoms with Gasteiger partial charge in [0.1, 0.15) is 0 Å². The summed E-state index contributed by atoms with van der Waals surface area (Å²) in [5.74, 6) is 0.0774. The predicted octanol–water partition coefficient (Wildman–Crippen LogP) is 5.89. The molecule has 0 radical (unpaired) electrons. The minimum atomic E-state index is 0.0774. The van der Waals surface area contributed by atoms with Crippen LogP contribution >= 0.6 is 33.9 Å². The maximum atomic E-state index is 12.7. The van der Waals surface area contributed by atoms with E-state index in [2.05, 4.69) is 46.9 Å². The summed E-state index contributed by atoms with van der Waals surface area (Å²) in [6.45, 7) is 0. The van der Waals surface area contributed by atoms with E-state index in [9.17, 15) is 4.79 Å². The third-order valence-corrected chi connectivity index (χ3v) is 5.62. The molecule has 0 saturated carbocycles. The van der Waals surface area contributed by atoms with Crippen LogP contribution in [0, 0.1) is 3.57 Å². The van der Waals surface area contributed by atoms with Crippen molar-refractivity contribution in [1.82, 2.24) is 0 Å². The zero-order valence-electron chi connectivity index (χ0n) is 11.5. The van der Waals surface area contributed by atoms with Gasteiger partial charge in [-0.3, -0.25) is 4.79 Å². The fourth-order valence-corrected chi connectivity index (χ4v) is 4.08. The molecule has 1 aromatic heterocycles. The first-order valence-corrected chi connectivity index (χ1v) is 8.83. The average Bonchev–Trinajstić information content (AvgIpc) is 2.92. The van der Waals surface area contributed by atoms with Gasteiger partial charge in [-0.1, -0.05) is 18.2 Å². The number of carbonyl (C=O) groups is 1. The van der Waals surface area contributed by atoms with Crippen LogP contribution in [0.3, 0.4) is 0 Å². The molecule has 0 spiro atoms. The van der Waals surface area contributed by atoms with Crippen molar-refractivity contribution in [3.8, 4) is 0 Å². The fraction of sp³-hybridized carbons (Fsp3) is 0. The summed E-state index contributed by atoms with van der Waals surface area (Å²) < 4.78 is 3.62. The molecular formula is C19H11IOS. The van der Waals surface area contributed by atoms with Crippen molar-refractivity contribution in [1.29, 1.82) is 0 Å². The number of rotatable bonds is 2. The van der Waals surface area contributed by atoms with Crippen molar-refractivity contribution >= 4 is 59.9 Å². The van der Waals surface area contributed by atoms with E-state index in [-0.39, 0.29) is 5.78 Å². The third-order valence-electron chi connectivity index (χ3n) is 3.75. The highest BCUT2D eigenvalue weighted by molar-refractivity contribution is 14.1.